The summed E-state index contributed by atoms with van der Waals surface area (Å²) in [5, 5.41) is -0.635. The monoisotopic (exact) mass is 474 g/mol. The summed E-state index contributed by atoms with van der Waals surface area (Å²) < 4.78 is 77.0. The number of rotatable bonds is 8. The third-order valence-corrected chi connectivity index (χ3v) is 6.29. The fraction of sp³-hybridized carbons (Fsp3) is 0.400. The molecule has 0 spiro atoms. The quantitative estimate of drug-likeness (QED) is 0.343. The first-order chi connectivity index (χ1) is 13.4. The van der Waals surface area contributed by atoms with Crippen molar-refractivity contribution in [3.05, 3.63) is 69.7 Å². The van der Waals surface area contributed by atoms with Crippen molar-refractivity contribution < 1.29 is 26.3 Å². The van der Waals surface area contributed by atoms with Crippen molar-refractivity contribution in [1.29, 1.82) is 0 Å². The summed E-state index contributed by atoms with van der Waals surface area (Å²) in [6.45, 7) is 0. The standard InChI is InChI=1S/C20H18Cl2F6S/c21-15-5-1-3-13(11-15)17(7-9-19(23,24)25)29-18(8-10-20(26,27)28)14-4-2-6-16(22)12-14/h1-6,11-12,17-18H,7-10H2. The predicted molar refractivity (Wildman–Crippen MR) is 107 cm³/mol. The molecule has 2 aromatic rings. The number of alkyl halides is 6. The van der Waals surface area contributed by atoms with E-state index in [0.717, 1.165) is 11.8 Å². The van der Waals surface area contributed by atoms with Gasteiger partial charge in [-0.2, -0.15) is 26.3 Å². The minimum absolute atomic E-state index is 0.266. The average Bonchev–Trinajstić information content (AvgIpc) is 2.59. The fourth-order valence-electron chi connectivity index (χ4n) is 2.83. The molecule has 9 heteroatoms. The van der Waals surface area contributed by atoms with E-state index in [9.17, 15) is 26.3 Å². The van der Waals surface area contributed by atoms with Crippen molar-refractivity contribution >= 4 is 35.0 Å². The van der Waals surface area contributed by atoms with Crippen molar-refractivity contribution in [3.8, 4) is 0 Å². The Balaban J connectivity index is 2.31. The molecule has 0 nitrogen and oxygen atoms in total. The molecule has 2 aromatic carbocycles. The molecular weight excluding hydrogens is 457 g/mol. The predicted octanol–water partition coefficient (Wildman–Crippen LogP) is 9.19. The van der Waals surface area contributed by atoms with E-state index in [-0.39, 0.29) is 12.8 Å². The Morgan fingerprint density at radius 3 is 1.38 bits per heavy atom. The van der Waals surface area contributed by atoms with Crippen LogP contribution in [0, 0.1) is 0 Å². The maximum Gasteiger partial charge on any atom is 0.389 e. The lowest BCUT2D eigenvalue weighted by molar-refractivity contribution is -0.136. The second kappa shape index (κ2) is 10.3. The SMILES string of the molecule is FC(F)(F)CCC(SC(CCC(F)(F)F)c1cccc(Cl)c1)c1cccc(Cl)c1. The molecule has 0 heterocycles. The maximum absolute atomic E-state index is 12.8. The highest BCUT2D eigenvalue weighted by atomic mass is 35.5. The molecule has 0 fully saturated rings. The van der Waals surface area contributed by atoms with Crippen LogP contribution in [-0.4, -0.2) is 12.4 Å². The molecule has 0 saturated heterocycles. The molecule has 0 aromatic heterocycles. The molecule has 2 unspecified atom stereocenters. The van der Waals surface area contributed by atoms with Gasteiger partial charge in [0.25, 0.3) is 0 Å². The van der Waals surface area contributed by atoms with Crippen LogP contribution in [-0.2, 0) is 0 Å². The topological polar surface area (TPSA) is 0 Å². The molecule has 160 valence electrons. The molecule has 0 aliphatic carbocycles. The first-order valence-corrected chi connectivity index (χ1v) is 10.4. The van der Waals surface area contributed by atoms with E-state index in [1.165, 1.54) is 0 Å². The van der Waals surface area contributed by atoms with Crippen LogP contribution >= 0.6 is 35.0 Å². The molecule has 0 saturated carbocycles. The molecule has 2 rings (SSSR count). The van der Waals surface area contributed by atoms with E-state index in [1.807, 2.05) is 0 Å². The van der Waals surface area contributed by atoms with Gasteiger partial charge < -0.3 is 0 Å². The van der Waals surface area contributed by atoms with Gasteiger partial charge in [0.2, 0.25) is 0 Å². The van der Waals surface area contributed by atoms with Gasteiger partial charge in [-0.3, -0.25) is 0 Å². The van der Waals surface area contributed by atoms with Crippen LogP contribution in [0.2, 0.25) is 10.0 Å². The van der Waals surface area contributed by atoms with E-state index in [0.29, 0.717) is 21.2 Å². The molecule has 2 atom stereocenters. The summed E-state index contributed by atoms with van der Waals surface area (Å²) in [4.78, 5) is 0. The first-order valence-electron chi connectivity index (χ1n) is 8.73. The van der Waals surface area contributed by atoms with Crippen molar-refractivity contribution in [2.24, 2.45) is 0 Å². The molecule has 0 amide bonds. The average molecular weight is 475 g/mol. The molecule has 0 aliphatic rings. The summed E-state index contributed by atoms with van der Waals surface area (Å²) in [5.74, 6) is 0. The highest BCUT2D eigenvalue weighted by Crippen LogP contribution is 2.48. The van der Waals surface area contributed by atoms with Gasteiger partial charge >= 0.3 is 12.4 Å². The van der Waals surface area contributed by atoms with Gasteiger partial charge in [-0.15, -0.1) is 11.8 Å². The number of halogens is 8. The van der Waals surface area contributed by atoms with Crippen LogP contribution in [0.3, 0.4) is 0 Å². The second-order valence-electron chi connectivity index (χ2n) is 6.53. The molecule has 0 radical (unpaired) electrons. The van der Waals surface area contributed by atoms with Gasteiger partial charge in [0.15, 0.2) is 0 Å². The number of hydrogen-bond donors (Lipinski definition) is 0. The summed E-state index contributed by atoms with van der Waals surface area (Å²) in [5.41, 5.74) is 1.09. The van der Waals surface area contributed by atoms with Gasteiger partial charge in [-0.25, -0.2) is 0 Å². The van der Waals surface area contributed by atoms with Gasteiger partial charge in [0.1, 0.15) is 0 Å². The summed E-state index contributed by atoms with van der Waals surface area (Å²) >= 11 is 13.0. The summed E-state index contributed by atoms with van der Waals surface area (Å²) in [7, 11) is 0. The molecule has 29 heavy (non-hydrogen) atoms. The van der Waals surface area contributed by atoms with Crippen molar-refractivity contribution in [3.63, 3.8) is 0 Å². The largest absolute Gasteiger partial charge is 0.389 e. The Kier molecular flexibility index (Phi) is 8.61. The third-order valence-electron chi connectivity index (χ3n) is 4.15. The van der Waals surface area contributed by atoms with Crippen LogP contribution < -0.4 is 0 Å². The highest BCUT2D eigenvalue weighted by molar-refractivity contribution is 7.99. The van der Waals surface area contributed by atoms with E-state index < -0.39 is 35.7 Å². The van der Waals surface area contributed by atoms with Crippen LogP contribution in [0.25, 0.3) is 0 Å². The minimum Gasteiger partial charge on any atom is -0.171 e. The molecule has 0 aliphatic heterocycles. The van der Waals surface area contributed by atoms with Crippen LogP contribution in [0.15, 0.2) is 48.5 Å². The Morgan fingerprint density at radius 1 is 0.690 bits per heavy atom. The normalized spacial score (nSPS) is 14.6. The van der Waals surface area contributed by atoms with Crippen molar-refractivity contribution in [2.75, 3.05) is 0 Å². The third kappa shape index (κ3) is 9.09. The lowest BCUT2D eigenvalue weighted by atomic mass is 10.1. The van der Waals surface area contributed by atoms with E-state index in [1.54, 1.807) is 48.5 Å². The lowest BCUT2D eigenvalue weighted by Gasteiger charge is -2.25. The number of thioether (sulfide) groups is 1. The van der Waals surface area contributed by atoms with Crippen LogP contribution in [0.4, 0.5) is 26.3 Å². The maximum atomic E-state index is 12.8. The van der Waals surface area contributed by atoms with Crippen LogP contribution in [0.5, 0.6) is 0 Å². The van der Waals surface area contributed by atoms with Gasteiger partial charge in [-0.05, 0) is 48.2 Å². The van der Waals surface area contributed by atoms with Gasteiger partial charge in [0, 0.05) is 33.4 Å². The first kappa shape index (κ1) is 24.2. The van der Waals surface area contributed by atoms with E-state index in [2.05, 4.69) is 0 Å². The zero-order valence-electron chi connectivity index (χ0n) is 15.0. The molecule has 0 bridgehead atoms. The van der Waals surface area contributed by atoms with Gasteiger partial charge in [-0.1, -0.05) is 47.5 Å². The zero-order chi connectivity index (χ0) is 21.7. The Labute approximate surface area is 179 Å². The van der Waals surface area contributed by atoms with Crippen LogP contribution in [0.1, 0.15) is 47.3 Å². The molecular formula is C20H18Cl2F6S. The minimum atomic E-state index is -4.37. The van der Waals surface area contributed by atoms with Crippen molar-refractivity contribution in [2.45, 2.75) is 48.5 Å². The van der Waals surface area contributed by atoms with E-state index >= 15 is 0 Å². The van der Waals surface area contributed by atoms with Gasteiger partial charge in [0.05, 0.1) is 0 Å². The smallest absolute Gasteiger partial charge is 0.171 e. The van der Waals surface area contributed by atoms with Crippen molar-refractivity contribution in [1.82, 2.24) is 0 Å². The zero-order valence-corrected chi connectivity index (χ0v) is 17.4. The Bertz CT molecular complexity index is 726. The Morgan fingerprint density at radius 2 is 1.07 bits per heavy atom. The summed E-state index contributed by atoms with van der Waals surface area (Å²) in [6.07, 6.45) is -11.4. The van der Waals surface area contributed by atoms with E-state index in [4.69, 9.17) is 23.2 Å². The second-order valence-corrected chi connectivity index (χ2v) is 8.81. The number of hydrogen-bond acceptors (Lipinski definition) is 1. The lowest BCUT2D eigenvalue weighted by Crippen LogP contribution is -2.12. The highest BCUT2D eigenvalue weighted by Gasteiger charge is 2.32. The Hall–Kier alpha value is -1.05. The fourth-order valence-corrected chi connectivity index (χ4v) is 4.74. The number of benzene rings is 2. The summed E-state index contributed by atoms with van der Waals surface area (Å²) in [6, 6.07) is 12.8. The molecule has 0 N–H and O–H groups in total.